The van der Waals surface area contributed by atoms with Gasteiger partial charge in [0.15, 0.2) is 0 Å². The van der Waals surface area contributed by atoms with Crippen LogP contribution in [0, 0.1) is 0 Å². The Bertz CT molecular complexity index is 720. The van der Waals surface area contributed by atoms with Crippen LogP contribution in [0.5, 0.6) is 0 Å². The van der Waals surface area contributed by atoms with Gasteiger partial charge in [-0.2, -0.15) is 12.1 Å². The van der Waals surface area contributed by atoms with Crippen LogP contribution >= 0.6 is 27.9 Å². The molecule has 0 heterocycles. The summed E-state index contributed by atoms with van der Waals surface area (Å²) in [6.07, 6.45) is 0. The van der Waals surface area contributed by atoms with Crippen LogP contribution in [0.15, 0.2) is 66.7 Å². The summed E-state index contributed by atoms with van der Waals surface area (Å²) >= 11 is -1.92. The van der Waals surface area contributed by atoms with E-state index < -0.39 is 22.8 Å². The summed E-state index contributed by atoms with van der Waals surface area (Å²) in [5.41, 5.74) is 0. The summed E-state index contributed by atoms with van der Waals surface area (Å²) in [5.74, 6) is 0. The van der Waals surface area contributed by atoms with Gasteiger partial charge in [-0.3, -0.25) is 0 Å². The van der Waals surface area contributed by atoms with Crippen molar-refractivity contribution in [1.29, 1.82) is 0 Å². The van der Waals surface area contributed by atoms with Crippen LogP contribution in [0.3, 0.4) is 0 Å². The third-order valence-electron chi connectivity index (χ3n) is 3.85. The first kappa shape index (κ1) is 18.2. The standard InChI is InChI=1S/C17H17Si.3ClH.Ti/c1-18(2,15-9-4-3-5-10-15)17-13-12-14-8-6-7-11-16(14)17;;;;/h3-13H,1-2H3;3*1H;/q-1;;;;+4/p-3. The molecule has 0 nitrogen and oxygen atoms in total. The Kier molecular flexibility index (Phi) is 6.70. The van der Waals surface area contributed by atoms with Crippen molar-refractivity contribution in [2.75, 3.05) is 0 Å². The van der Waals surface area contributed by atoms with Crippen molar-refractivity contribution in [3.63, 3.8) is 0 Å². The average molecular weight is 404 g/mol. The van der Waals surface area contributed by atoms with Gasteiger partial charge in [0, 0.05) is 0 Å². The number of fused-ring (bicyclic) bond motifs is 1. The quantitative estimate of drug-likeness (QED) is 0.394. The third-order valence-corrected chi connectivity index (χ3v) is 7.41. The Morgan fingerprint density at radius 1 is 0.818 bits per heavy atom. The van der Waals surface area contributed by atoms with Crippen molar-refractivity contribution in [1.82, 2.24) is 0 Å². The molecule has 0 saturated heterocycles. The second-order valence-electron chi connectivity index (χ2n) is 5.54. The van der Waals surface area contributed by atoms with E-state index in [0.29, 0.717) is 0 Å². The van der Waals surface area contributed by atoms with Gasteiger partial charge in [-0.05, 0) is 0 Å². The summed E-state index contributed by atoms with van der Waals surface area (Å²) in [7, 11) is 13.3. The van der Waals surface area contributed by atoms with Crippen LogP contribution in [0.25, 0.3) is 10.8 Å². The van der Waals surface area contributed by atoms with Gasteiger partial charge >= 0.3 is 42.6 Å². The minimum absolute atomic E-state index is 1.36. The zero-order valence-corrected chi connectivity index (χ0v) is 17.3. The number of rotatable bonds is 2. The van der Waals surface area contributed by atoms with Gasteiger partial charge in [0.2, 0.25) is 0 Å². The maximum atomic E-state index is 4.97. The Morgan fingerprint density at radius 3 is 2.00 bits per heavy atom. The first-order valence-electron chi connectivity index (χ1n) is 6.97. The minimum atomic E-state index is -1.92. The Labute approximate surface area is 150 Å². The predicted octanol–water partition coefficient (Wildman–Crippen LogP) is 5.45. The molecule has 0 aliphatic rings. The summed E-state index contributed by atoms with van der Waals surface area (Å²) in [4.78, 5) is 0. The molecule has 0 N–H and O–H groups in total. The molecule has 0 aliphatic carbocycles. The molecule has 114 valence electrons. The molecule has 0 fully saturated rings. The number of benzene rings is 2. The second-order valence-corrected chi connectivity index (χ2v) is 17.6. The first-order chi connectivity index (χ1) is 10.4. The van der Waals surface area contributed by atoms with Crippen LogP contribution in [0.4, 0.5) is 0 Å². The SMILES string of the molecule is C[Si](C)(c1ccccc1)[c-]1ccc2ccccc21.[Cl][Ti+]([Cl])[Cl]. The van der Waals surface area contributed by atoms with E-state index in [9.17, 15) is 0 Å². The van der Waals surface area contributed by atoms with Gasteiger partial charge in [0.25, 0.3) is 0 Å². The van der Waals surface area contributed by atoms with Crippen molar-refractivity contribution < 1.29 is 14.7 Å². The molecule has 3 aromatic carbocycles. The molecule has 0 bridgehead atoms. The topological polar surface area (TPSA) is 0 Å². The van der Waals surface area contributed by atoms with Gasteiger partial charge in [-0.25, -0.2) is 0 Å². The van der Waals surface area contributed by atoms with E-state index >= 15 is 0 Å². The normalized spacial score (nSPS) is 11.0. The summed E-state index contributed by atoms with van der Waals surface area (Å²) < 4.78 is 0. The molecule has 0 aromatic heterocycles. The zero-order chi connectivity index (χ0) is 16.2. The van der Waals surface area contributed by atoms with Gasteiger partial charge in [0.1, 0.15) is 0 Å². The van der Waals surface area contributed by atoms with Crippen LogP contribution < -0.4 is 10.4 Å². The number of hydrogen-bond acceptors (Lipinski definition) is 0. The van der Waals surface area contributed by atoms with Gasteiger partial charge < -0.3 is 0 Å². The Balaban J connectivity index is 0.000000396. The van der Waals surface area contributed by atoms with Gasteiger partial charge in [0.05, 0.1) is 8.07 Å². The third kappa shape index (κ3) is 4.44. The molecule has 0 atom stereocenters. The zero-order valence-electron chi connectivity index (χ0n) is 12.5. The van der Waals surface area contributed by atoms with Crippen LogP contribution in [0.2, 0.25) is 13.1 Å². The van der Waals surface area contributed by atoms with E-state index in [1.54, 1.807) is 5.19 Å². The van der Waals surface area contributed by atoms with E-state index in [0.717, 1.165) is 0 Å². The molecule has 3 rings (SSSR count). The molecule has 22 heavy (non-hydrogen) atoms. The molecule has 0 saturated carbocycles. The first-order valence-corrected chi connectivity index (χ1v) is 16.4. The Hall–Kier alpha value is -0.149. The van der Waals surface area contributed by atoms with E-state index in [1.165, 1.54) is 16.0 Å². The van der Waals surface area contributed by atoms with Gasteiger partial charge in [-0.1, -0.05) is 54.7 Å². The van der Waals surface area contributed by atoms with Crippen molar-refractivity contribution in [2.24, 2.45) is 0 Å². The fourth-order valence-electron chi connectivity index (χ4n) is 2.71. The van der Waals surface area contributed by atoms with Crippen LogP contribution in [-0.4, -0.2) is 8.07 Å². The predicted molar refractivity (Wildman–Crippen MR) is 100 cm³/mol. The Morgan fingerprint density at radius 2 is 1.36 bits per heavy atom. The molecular weight excluding hydrogens is 386 g/mol. The fraction of sp³-hybridized carbons (Fsp3) is 0.118. The van der Waals surface area contributed by atoms with Crippen molar-refractivity contribution >= 4 is 57.1 Å². The molecule has 0 spiro atoms. The summed E-state index contributed by atoms with van der Waals surface area (Å²) in [5, 5.41) is 5.84. The molecular formula is C17H17Cl3SiTi. The monoisotopic (exact) mass is 402 g/mol. The maximum absolute atomic E-state index is 4.97. The summed E-state index contributed by atoms with van der Waals surface area (Å²) in [6, 6.07) is 24.2. The van der Waals surface area contributed by atoms with Crippen LogP contribution in [0.1, 0.15) is 0 Å². The van der Waals surface area contributed by atoms with E-state index in [1.807, 2.05) is 0 Å². The average Bonchev–Trinajstić information content (AvgIpc) is 2.92. The summed E-state index contributed by atoms with van der Waals surface area (Å²) in [6.45, 7) is 4.87. The molecule has 0 aliphatic heterocycles. The molecule has 0 radical (unpaired) electrons. The number of hydrogen-bond donors (Lipinski definition) is 0. The van der Waals surface area contributed by atoms with E-state index in [4.69, 9.17) is 27.9 Å². The number of halogens is 3. The van der Waals surface area contributed by atoms with Crippen molar-refractivity contribution in [3.8, 4) is 0 Å². The van der Waals surface area contributed by atoms with E-state index in [2.05, 4.69) is 79.8 Å². The van der Waals surface area contributed by atoms with Crippen molar-refractivity contribution in [2.45, 2.75) is 13.1 Å². The molecule has 5 heteroatoms. The van der Waals surface area contributed by atoms with Crippen LogP contribution in [-0.2, 0) is 14.7 Å². The van der Waals surface area contributed by atoms with Crippen molar-refractivity contribution in [3.05, 3.63) is 66.7 Å². The van der Waals surface area contributed by atoms with E-state index in [-0.39, 0.29) is 0 Å². The van der Waals surface area contributed by atoms with Gasteiger partial charge in [-0.15, -0.1) is 34.2 Å². The molecule has 0 unspecified atom stereocenters. The second kappa shape index (κ2) is 8.10. The molecule has 3 aromatic rings. The molecule has 0 amide bonds. The fourth-order valence-corrected chi connectivity index (χ4v) is 5.44.